The van der Waals surface area contributed by atoms with Gasteiger partial charge < -0.3 is 9.30 Å². The van der Waals surface area contributed by atoms with Gasteiger partial charge in [0.2, 0.25) is 5.28 Å². The van der Waals surface area contributed by atoms with Crippen molar-refractivity contribution in [2.45, 2.75) is 5.03 Å². The highest BCUT2D eigenvalue weighted by molar-refractivity contribution is 7.92. The summed E-state index contributed by atoms with van der Waals surface area (Å²) in [5.74, 6) is -0.644. The lowest BCUT2D eigenvalue weighted by Gasteiger charge is -2.05. The molecule has 0 aliphatic heterocycles. The van der Waals surface area contributed by atoms with Gasteiger partial charge in [-0.1, -0.05) is 0 Å². The van der Waals surface area contributed by atoms with E-state index in [0.717, 1.165) is 6.20 Å². The Balaban J connectivity index is 2.34. The lowest BCUT2D eigenvalue weighted by molar-refractivity contribution is 0.0588. The largest absolute Gasteiger partial charge is 0.464 e. The van der Waals surface area contributed by atoms with Crippen LogP contribution in [0.3, 0.4) is 0 Å². The Morgan fingerprint density at radius 1 is 1.43 bits per heavy atom. The first-order valence-electron chi connectivity index (χ1n) is 5.58. The lowest BCUT2D eigenvalue weighted by atomic mass is 10.4. The average Bonchev–Trinajstić information content (AvgIpc) is 2.92. The summed E-state index contributed by atoms with van der Waals surface area (Å²) in [5, 5.41) is 3.80. The molecule has 21 heavy (non-hydrogen) atoms. The van der Waals surface area contributed by atoms with Gasteiger partial charge in [-0.15, -0.1) is 0 Å². The minimum atomic E-state index is -3.92. The molecule has 0 saturated carbocycles. The van der Waals surface area contributed by atoms with E-state index in [1.165, 1.54) is 36.5 Å². The number of imidazole rings is 1. The smallest absolute Gasteiger partial charge is 0.356 e. The first-order chi connectivity index (χ1) is 9.76. The van der Waals surface area contributed by atoms with E-state index in [-0.39, 0.29) is 21.8 Å². The highest BCUT2D eigenvalue weighted by atomic mass is 35.5. The van der Waals surface area contributed by atoms with Crippen molar-refractivity contribution in [2.75, 3.05) is 11.8 Å². The summed E-state index contributed by atoms with van der Waals surface area (Å²) in [6.45, 7) is 0. The number of carbonyl (C=O) groups excluding carboxylic acids is 1. The van der Waals surface area contributed by atoms with Crippen molar-refractivity contribution in [3.63, 3.8) is 0 Å². The average molecular weight is 334 g/mol. The molecule has 114 valence electrons. The van der Waals surface area contributed by atoms with Gasteiger partial charge in [-0.2, -0.15) is 13.5 Å². The van der Waals surface area contributed by atoms with E-state index in [1.807, 2.05) is 0 Å². The molecule has 0 saturated heterocycles. The first kappa shape index (κ1) is 15.3. The van der Waals surface area contributed by atoms with E-state index in [0.29, 0.717) is 0 Å². The van der Waals surface area contributed by atoms with Gasteiger partial charge in [0, 0.05) is 20.2 Å². The maximum Gasteiger partial charge on any atom is 0.356 e. The van der Waals surface area contributed by atoms with Crippen LogP contribution in [0.2, 0.25) is 5.28 Å². The van der Waals surface area contributed by atoms with Crippen LogP contribution in [0.4, 0.5) is 5.82 Å². The second-order valence-corrected chi connectivity index (χ2v) is 6.03. The fraction of sp³-hybridized carbons (Fsp3) is 0.300. The van der Waals surface area contributed by atoms with Crippen LogP contribution in [0, 0.1) is 0 Å². The molecule has 0 radical (unpaired) electrons. The Kier molecular flexibility index (Phi) is 3.92. The molecule has 2 aromatic rings. The monoisotopic (exact) mass is 333 g/mol. The molecule has 2 rings (SSSR count). The quantitative estimate of drug-likeness (QED) is 0.811. The topological polar surface area (TPSA) is 108 Å². The third-order valence-corrected chi connectivity index (χ3v) is 4.44. The predicted molar refractivity (Wildman–Crippen MR) is 73.6 cm³/mol. The SMILES string of the molecule is COC(=O)c1cc(NS(=O)(=O)c2cnc(Cl)n2C)nn1C. The maximum absolute atomic E-state index is 12.2. The Morgan fingerprint density at radius 2 is 2.10 bits per heavy atom. The maximum atomic E-state index is 12.2. The molecule has 0 fully saturated rings. The van der Waals surface area contributed by atoms with Crippen LogP contribution in [-0.4, -0.2) is 40.8 Å². The number of nitrogens with zero attached hydrogens (tertiary/aromatic N) is 4. The van der Waals surface area contributed by atoms with Gasteiger partial charge in [-0.05, 0) is 11.6 Å². The number of carbonyl (C=O) groups is 1. The zero-order valence-electron chi connectivity index (χ0n) is 11.4. The number of sulfonamides is 1. The number of methoxy groups -OCH3 is 1. The number of rotatable bonds is 4. The molecular formula is C10H12ClN5O4S. The Morgan fingerprint density at radius 3 is 2.62 bits per heavy atom. The van der Waals surface area contributed by atoms with Crippen LogP contribution >= 0.6 is 11.6 Å². The Hall–Kier alpha value is -2.07. The number of ether oxygens (including phenoxy) is 1. The second-order valence-electron chi connectivity index (χ2n) is 4.06. The van der Waals surface area contributed by atoms with Crippen LogP contribution in [-0.2, 0) is 28.9 Å². The fourth-order valence-corrected chi connectivity index (χ4v) is 2.93. The number of nitrogens with one attached hydrogen (secondary N) is 1. The standard InChI is InChI=1S/C10H12ClN5O4S/c1-15-8(5-12-10(15)11)21(18,19)14-7-4-6(9(17)20-3)16(2)13-7/h4-5H,1-3H3,(H,13,14). The molecular weight excluding hydrogens is 322 g/mol. The van der Waals surface area contributed by atoms with Gasteiger partial charge in [0.15, 0.2) is 10.8 Å². The molecule has 2 heterocycles. The molecule has 0 atom stereocenters. The van der Waals surface area contributed by atoms with Crippen molar-refractivity contribution in [1.82, 2.24) is 19.3 Å². The van der Waals surface area contributed by atoms with E-state index in [1.54, 1.807) is 0 Å². The fourth-order valence-electron chi connectivity index (χ4n) is 1.62. The number of hydrogen-bond acceptors (Lipinski definition) is 6. The number of esters is 1. The van der Waals surface area contributed by atoms with Crippen LogP contribution in [0.25, 0.3) is 0 Å². The summed E-state index contributed by atoms with van der Waals surface area (Å²) in [6.07, 6.45) is 1.12. The molecule has 11 heteroatoms. The molecule has 0 bridgehead atoms. The van der Waals surface area contributed by atoms with Crippen LogP contribution < -0.4 is 4.72 Å². The molecule has 9 nitrogen and oxygen atoms in total. The minimum absolute atomic E-state index is 0.0183. The van der Waals surface area contributed by atoms with Crippen molar-refractivity contribution in [3.05, 3.63) is 23.2 Å². The normalized spacial score (nSPS) is 11.4. The summed E-state index contributed by atoms with van der Waals surface area (Å²) in [7, 11) is 0.250. The predicted octanol–water partition coefficient (Wildman–Crippen LogP) is 0.394. The number of anilines is 1. The molecule has 0 aliphatic carbocycles. The van der Waals surface area contributed by atoms with Gasteiger partial charge in [0.25, 0.3) is 10.0 Å². The number of hydrogen-bond donors (Lipinski definition) is 1. The third kappa shape index (κ3) is 2.85. The van der Waals surface area contributed by atoms with Crippen molar-refractivity contribution in [2.24, 2.45) is 14.1 Å². The molecule has 0 aliphatic rings. The Labute approximate surface area is 125 Å². The Bertz CT molecular complexity index is 794. The molecule has 0 unspecified atom stereocenters. The summed E-state index contributed by atoms with van der Waals surface area (Å²) in [4.78, 5) is 15.1. The van der Waals surface area contributed by atoms with E-state index < -0.39 is 16.0 Å². The van der Waals surface area contributed by atoms with E-state index in [9.17, 15) is 13.2 Å². The molecule has 0 amide bonds. The number of aryl methyl sites for hydroxylation is 1. The molecule has 0 aromatic carbocycles. The van der Waals surface area contributed by atoms with Gasteiger partial charge in [-0.3, -0.25) is 9.40 Å². The first-order valence-corrected chi connectivity index (χ1v) is 7.44. The lowest BCUT2D eigenvalue weighted by Crippen LogP contribution is -2.16. The highest BCUT2D eigenvalue weighted by Crippen LogP contribution is 2.18. The van der Waals surface area contributed by atoms with E-state index in [2.05, 4.69) is 19.5 Å². The van der Waals surface area contributed by atoms with E-state index >= 15 is 0 Å². The van der Waals surface area contributed by atoms with Gasteiger partial charge in [-0.25, -0.2) is 9.78 Å². The molecule has 2 aromatic heterocycles. The van der Waals surface area contributed by atoms with Crippen molar-refractivity contribution in [3.8, 4) is 0 Å². The van der Waals surface area contributed by atoms with Crippen molar-refractivity contribution < 1.29 is 17.9 Å². The summed E-state index contributed by atoms with van der Waals surface area (Å²) < 4.78 is 33.6. The number of halogens is 1. The van der Waals surface area contributed by atoms with Crippen molar-refractivity contribution in [1.29, 1.82) is 0 Å². The molecule has 0 spiro atoms. The summed E-state index contributed by atoms with van der Waals surface area (Å²) in [5.41, 5.74) is 0.109. The van der Waals surface area contributed by atoms with Gasteiger partial charge >= 0.3 is 5.97 Å². The number of aromatic nitrogens is 4. The van der Waals surface area contributed by atoms with Crippen molar-refractivity contribution >= 4 is 33.4 Å². The van der Waals surface area contributed by atoms with Gasteiger partial charge in [0.1, 0.15) is 5.69 Å². The second kappa shape index (κ2) is 5.37. The van der Waals surface area contributed by atoms with Gasteiger partial charge in [0.05, 0.1) is 13.3 Å². The third-order valence-electron chi connectivity index (χ3n) is 2.68. The van der Waals surface area contributed by atoms with Crippen LogP contribution in [0.1, 0.15) is 10.5 Å². The zero-order chi connectivity index (χ0) is 15.8. The summed E-state index contributed by atoms with van der Waals surface area (Å²) in [6, 6.07) is 1.27. The van der Waals surface area contributed by atoms with E-state index in [4.69, 9.17) is 11.6 Å². The summed E-state index contributed by atoms with van der Waals surface area (Å²) >= 11 is 5.71. The zero-order valence-corrected chi connectivity index (χ0v) is 12.9. The highest BCUT2D eigenvalue weighted by Gasteiger charge is 2.23. The minimum Gasteiger partial charge on any atom is -0.464 e. The molecule has 1 N–H and O–H groups in total. The van der Waals surface area contributed by atoms with Crippen LogP contribution in [0.5, 0.6) is 0 Å². The van der Waals surface area contributed by atoms with Crippen LogP contribution in [0.15, 0.2) is 17.3 Å².